The van der Waals surface area contributed by atoms with Gasteiger partial charge in [-0.15, -0.1) is 0 Å². The summed E-state index contributed by atoms with van der Waals surface area (Å²) in [6.07, 6.45) is 4.83. The smallest absolute Gasteiger partial charge is 0.275 e. The molecule has 0 unspecified atom stereocenters. The highest BCUT2D eigenvalue weighted by Gasteiger charge is 2.30. The first-order chi connectivity index (χ1) is 12.1. The number of rotatable bonds is 5. The Morgan fingerprint density at radius 1 is 1.32 bits per heavy atom. The Labute approximate surface area is 145 Å². The molecule has 1 saturated heterocycles. The molecule has 2 aromatic heterocycles. The average Bonchev–Trinajstić information content (AvgIpc) is 3.18. The van der Waals surface area contributed by atoms with Crippen molar-refractivity contribution >= 4 is 17.6 Å². The van der Waals surface area contributed by atoms with Crippen LogP contribution in [0.4, 0.5) is 5.82 Å². The van der Waals surface area contributed by atoms with E-state index in [4.69, 9.17) is 0 Å². The van der Waals surface area contributed by atoms with Crippen LogP contribution in [0.2, 0.25) is 0 Å². The summed E-state index contributed by atoms with van der Waals surface area (Å²) in [4.78, 5) is 27.0. The van der Waals surface area contributed by atoms with Gasteiger partial charge in [0.1, 0.15) is 5.69 Å². The Morgan fingerprint density at radius 2 is 2.08 bits per heavy atom. The monoisotopic (exact) mass is 342 g/mol. The Morgan fingerprint density at radius 3 is 2.68 bits per heavy atom. The molecule has 0 bridgehead atoms. The van der Waals surface area contributed by atoms with Gasteiger partial charge in [0.05, 0.1) is 11.8 Å². The molecule has 132 valence electrons. The lowest BCUT2D eigenvalue weighted by Gasteiger charge is -2.30. The fourth-order valence-electron chi connectivity index (χ4n) is 3.18. The highest BCUT2D eigenvalue weighted by Crippen LogP contribution is 2.40. The van der Waals surface area contributed by atoms with E-state index in [0.29, 0.717) is 17.3 Å². The lowest BCUT2D eigenvalue weighted by molar-refractivity contribution is 0.0648. The van der Waals surface area contributed by atoms with Crippen molar-refractivity contribution in [2.45, 2.75) is 38.6 Å². The van der Waals surface area contributed by atoms with Crippen LogP contribution in [-0.4, -0.2) is 49.4 Å². The summed E-state index contributed by atoms with van der Waals surface area (Å²) in [5.74, 6) is 0.588. The average molecular weight is 342 g/mol. The number of amides is 2. The van der Waals surface area contributed by atoms with Crippen molar-refractivity contribution in [3.63, 3.8) is 0 Å². The van der Waals surface area contributed by atoms with Gasteiger partial charge in [0.2, 0.25) is 0 Å². The molecule has 2 amide bonds. The third kappa shape index (κ3) is 2.81. The number of hydrogen-bond donors (Lipinski definition) is 1. The molecular formula is C17H22N6O2. The van der Waals surface area contributed by atoms with Crippen molar-refractivity contribution in [3.05, 3.63) is 29.2 Å². The summed E-state index contributed by atoms with van der Waals surface area (Å²) in [6, 6.07) is 1.94. The van der Waals surface area contributed by atoms with Gasteiger partial charge in [0.25, 0.3) is 11.8 Å². The zero-order valence-corrected chi connectivity index (χ0v) is 14.5. The van der Waals surface area contributed by atoms with Crippen LogP contribution in [0.15, 0.2) is 12.3 Å². The number of aromatic nitrogens is 4. The maximum absolute atomic E-state index is 12.8. The Bertz CT molecular complexity index is 828. The zero-order valence-electron chi connectivity index (χ0n) is 14.5. The van der Waals surface area contributed by atoms with Crippen LogP contribution >= 0.6 is 0 Å². The molecule has 1 N–H and O–H groups in total. The van der Waals surface area contributed by atoms with Gasteiger partial charge >= 0.3 is 0 Å². The van der Waals surface area contributed by atoms with Crippen LogP contribution in [-0.2, 0) is 13.6 Å². The second-order valence-corrected chi connectivity index (χ2v) is 6.67. The lowest BCUT2D eigenvalue weighted by atomic mass is 10.1. The molecule has 2 aromatic rings. The molecule has 25 heavy (non-hydrogen) atoms. The lowest BCUT2D eigenvalue weighted by Crippen LogP contribution is -2.42. The van der Waals surface area contributed by atoms with Crippen molar-refractivity contribution < 1.29 is 9.59 Å². The SMILES string of the molecule is CCn1nc(NC(=O)c2c(C(=O)N3CCC3)cnn2C)cc1C1CC1. The van der Waals surface area contributed by atoms with Crippen molar-refractivity contribution in [3.8, 4) is 0 Å². The molecule has 0 atom stereocenters. The number of nitrogens with one attached hydrogen (secondary N) is 1. The van der Waals surface area contributed by atoms with Gasteiger partial charge in [0, 0.05) is 44.4 Å². The maximum atomic E-state index is 12.8. The standard InChI is InChI=1S/C17H22N6O2/c1-3-23-13(11-5-6-11)9-14(20-23)19-16(24)15-12(10-18-21(15)2)17(25)22-7-4-8-22/h9-11H,3-8H2,1-2H3,(H,19,20,24). The fraction of sp³-hybridized carbons (Fsp3) is 0.529. The van der Waals surface area contributed by atoms with Crippen molar-refractivity contribution in [2.24, 2.45) is 7.05 Å². The summed E-state index contributed by atoms with van der Waals surface area (Å²) >= 11 is 0. The maximum Gasteiger partial charge on any atom is 0.275 e. The molecular weight excluding hydrogens is 320 g/mol. The highest BCUT2D eigenvalue weighted by molar-refractivity contribution is 6.10. The molecule has 4 rings (SSSR count). The van der Waals surface area contributed by atoms with Crippen LogP contribution in [0.25, 0.3) is 0 Å². The normalized spacial score (nSPS) is 16.6. The predicted octanol–water partition coefficient (Wildman–Crippen LogP) is 1.61. The molecule has 0 aromatic carbocycles. The quantitative estimate of drug-likeness (QED) is 0.894. The number of nitrogens with zero attached hydrogens (tertiary/aromatic N) is 5. The second-order valence-electron chi connectivity index (χ2n) is 6.67. The second kappa shape index (κ2) is 6.02. The minimum absolute atomic E-state index is 0.137. The van der Waals surface area contributed by atoms with E-state index in [-0.39, 0.29) is 17.5 Å². The Balaban J connectivity index is 1.57. The van der Waals surface area contributed by atoms with E-state index in [9.17, 15) is 9.59 Å². The molecule has 8 heteroatoms. The summed E-state index contributed by atoms with van der Waals surface area (Å²) in [5.41, 5.74) is 1.78. The molecule has 1 aliphatic carbocycles. The fourth-order valence-corrected chi connectivity index (χ4v) is 3.18. The van der Waals surface area contributed by atoms with Gasteiger partial charge in [-0.1, -0.05) is 0 Å². The van der Waals surface area contributed by atoms with Gasteiger partial charge in [-0.3, -0.25) is 19.0 Å². The van der Waals surface area contributed by atoms with E-state index >= 15 is 0 Å². The first-order valence-electron chi connectivity index (χ1n) is 8.79. The molecule has 1 aliphatic heterocycles. The number of carbonyl (C=O) groups excluding carboxylic acids is 2. The van der Waals surface area contributed by atoms with E-state index in [1.165, 1.54) is 29.4 Å². The van der Waals surface area contributed by atoms with Crippen LogP contribution in [0.1, 0.15) is 58.6 Å². The molecule has 0 radical (unpaired) electrons. The van der Waals surface area contributed by atoms with Crippen LogP contribution < -0.4 is 5.32 Å². The van der Waals surface area contributed by atoms with Crippen LogP contribution in [0.5, 0.6) is 0 Å². The number of carbonyl (C=O) groups is 2. The number of anilines is 1. The number of aryl methyl sites for hydroxylation is 2. The summed E-state index contributed by atoms with van der Waals surface area (Å²) in [5, 5.41) is 11.4. The van der Waals surface area contributed by atoms with Gasteiger partial charge < -0.3 is 10.2 Å². The summed E-state index contributed by atoms with van der Waals surface area (Å²) < 4.78 is 3.38. The largest absolute Gasteiger partial charge is 0.338 e. The van der Waals surface area contributed by atoms with Crippen molar-refractivity contribution in [1.29, 1.82) is 0 Å². The molecule has 0 spiro atoms. The predicted molar refractivity (Wildman–Crippen MR) is 91.6 cm³/mol. The van der Waals surface area contributed by atoms with E-state index in [1.54, 1.807) is 11.9 Å². The third-order valence-corrected chi connectivity index (χ3v) is 4.88. The minimum Gasteiger partial charge on any atom is -0.338 e. The van der Waals surface area contributed by atoms with Gasteiger partial charge in [-0.05, 0) is 26.2 Å². The molecule has 1 saturated carbocycles. The van der Waals surface area contributed by atoms with Gasteiger partial charge in [-0.25, -0.2) is 0 Å². The molecule has 2 aliphatic rings. The van der Waals surface area contributed by atoms with Crippen LogP contribution in [0.3, 0.4) is 0 Å². The van der Waals surface area contributed by atoms with E-state index in [0.717, 1.165) is 26.1 Å². The minimum atomic E-state index is -0.355. The highest BCUT2D eigenvalue weighted by atomic mass is 16.2. The van der Waals surface area contributed by atoms with E-state index in [2.05, 4.69) is 15.5 Å². The van der Waals surface area contributed by atoms with Crippen LogP contribution in [0, 0.1) is 0 Å². The topological polar surface area (TPSA) is 85.1 Å². The Hall–Kier alpha value is -2.64. The third-order valence-electron chi connectivity index (χ3n) is 4.88. The van der Waals surface area contributed by atoms with Crippen molar-refractivity contribution in [2.75, 3.05) is 18.4 Å². The van der Waals surface area contributed by atoms with Crippen molar-refractivity contribution in [1.82, 2.24) is 24.5 Å². The van der Waals surface area contributed by atoms with E-state index in [1.807, 2.05) is 17.7 Å². The number of hydrogen-bond acceptors (Lipinski definition) is 4. The first-order valence-corrected chi connectivity index (χ1v) is 8.79. The zero-order chi connectivity index (χ0) is 17.6. The summed E-state index contributed by atoms with van der Waals surface area (Å²) in [6.45, 7) is 4.28. The first kappa shape index (κ1) is 15.9. The molecule has 3 heterocycles. The Kier molecular flexibility index (Phi) is 3.82. The van der Waals surface area contributed by atoms with Gasteiger partial charge in [-0.2, -0.15) is 10.2 Å². The molecule has 8 nitrogen and oxygen atoms in total. The van der Waals surface area contributed by atoms with E-state index < -0.39 is 0 Å². The summed E-state index contributed by atoms with van der Waals surface area (Å²) in [7, 11) is 1.67. The number of likely N-dealkylation sites (tertiary alicyclic amines) is 1. The van der Waals surface area contributed by atoms with Gasteiger partial charge in [0.15, 0.2) is 5.82 Å². The molecule has 2 fully saturated rings.